The third-order valence-corrected chi connectivity index (χ3v) is 2.71. The molecule has 84 valence electrons. The zero-order valence-electron chi connectivity index (χ0n) is 9.27. The van der Waals surface area contributed by atoms with Gasteiger partial charge in [0.05, 0.1) is 0 Å². The zero-order valence-corrected chi connectivity index (χ0v) is 10.1. The minimum absolute atomic E-state index is 0.111. The van der Waals surface area contributed by atoms with Gasteiger partial charge in [-0.05, 0) is 31.4 Å². The fraction of sp³-hybridized carbons (Fsp3) is 0.900. The summed E-state index contributed by atoms with van der Waals surface area (Å²) in [6.07, 6.45) is 6.53. The van der Waals surface area contributed by atoms with Gasteiger partial charge in [0, 0.05) is 20.0 Å². The Hall–Kier alpha value is -0.220. The van der Waals surface area contributed by atoms with Gasteiger partial charge in [0.15, 0.2) is 0 Å². The summed E-state index contributed by atoms with van der Waals surface area (Å²) in [5.41, 5.74) is 0. The Balaban J connectivity index is 2.95. The van der Waals surface area contributed by atoms with Gasteiger partial charge in [-0.2, -0.15) is 11.8 Å². The van der Waals surface area contributed by atoms with E-state index in [0.717, 1.165) is 13.1 Å². The first kappa shape index (κ1) is 13.8. The largest absolute Gasteiger partial charge is 0.359 e. The monoisotopic (exact) mass is 218 g/mol. The van der Waals surface area contributed by atoms with E-state index in [0.29, 0.717) is 6.42 Å². The molecule has 0 fully saturated rings. The van der Waals surface area contributed by atoms with Crippen molar-refractivity contribution in [3.05, 3.63) is 0 Å². The standard InChI is InChI=1S/C10H22N2OS/c1-11-10(13)6-8-12-7-4-3-5-9-14-2/h12H,3-9H2,1-2H3,(H,11,13). The minimum atomic E-state index is 0.111. The summed E-state index contributed by atoms with van der Waals surface area (Å²) in [5, 5.41) is 5.86. The molecule has 0 spiro atoms. The van der Waals surface area contributed by atoms with Crippen molar-refractivity contribution in [2.45, 2.75) is 25.7 Å². The fourth-order valence-corrected chi connectivity index (χ4v) is 1.62. The van der Waals surface area contributed by atoms with Gasteiger partial charge >= 0.3 is 0 Å². The van der Waals surface area contributed by atoms with E-state index in [-0.39, 0.29) is 5.91 Å². The molecule has 0 radical (unpaired) electrons. The Labute approximate surface area is 91.4 Å². The van der Waals surface area contributed by atoms with Crippen LogP contribution in [-0.4, -0.2) is 38.1 Å². The molecule has 0 aliphatic heterocycles. The van der Waals surface area contributed by atoms with Gasteiger partial charge in [-0.1, -0.05) is 6.42 Å². The summed E-state index contributed by atoms with van der Waals surface area (Å²) in [4.78, 5) is 10.8. The molecular weight excluding hydrogens is 196 g/mol. The highest BCUT2D eigenvalue weighted by atomic mass is 32.2. The van der Waals surface area contributed by atoms with Crippen LogP contribution < -0.4 is 10.6 Å². The highest BCUT2D eigenvalue weighted by Gasteiger charge is 1.95. The van der Waals surface area contributed by atoms with Crippen LogP contribution in [0.1, 0.15) is 25.7 Å². The van der Waals surface area contributed by atoms with Gasteiger partial charge < -0.3 is 10.6 Å². The third-order valence-electron chi connectivity index (χ3n) is 2.01. The van der Waals surface area contributed by atoms with Gasteiger partial charge in [-0.25, -0.2) is 0 Å². The lowest BCUT2D eigenvalue weighted by atomic mass is 10.2. The second-order valence-corrected chi connectivity index (χ2v) is 4.21. The Bertz CT molecular complexity index is 142. The molecule has 0 atom stereocenters. The van der Waals surface area contributed by atoms with Crippen LogP contribution in [0.15, 0.2) is 0 Å². The van der Waals surface area contributed by atoms with Crippen molar-refractivity contribution in [2.75, 3.05) is 32.1 Å². The summed E-state index contributed by atoms with van der Waals surface area (Å²) in [5.74, 6) is 1.37. The van der Waals surface area contributed by atoms with Crippen LogP contribution in [0.4, 0.5) is 0 Å². The van der Waals surface area contributed by atoms with Crippen LogP contribution in [0.2, 0.25) is 0 Å². The van der Waals surface area contributed by atoms with Crippen molar-refractivity contribution >= 4 is 17.7 Å². The molecule has 14 heavy (non-hydrogen) atoms. The van der Waals surface area contributed by atoms with E-state index in [2.05, 4.69) is 16.9 Å². The van der Waals surface area contributed by atoms with E-state index in [1.54, 1.807) is 7.05 Å². The highest BCUT2D eigenvalue weighted by Crippen LogP contribution is 2.00. The molecule has 0 aromatic heterocycles. The first-order valence-corrected chi connectivity index (χ1v) is 6.61. The molecule has 0 unspecified atom stereocenters. The number of nitrogens with one attached hydrogen (secondary N) is 2. The smallest absolute Gasteiger partial charge is 0.221 e. The second-order valence-electron chi connectivity index (χ2n) is 3.23. The SMILES string of the molecule is CNC(=O)CCNCCCCCSC. The maximum absolute atomic E-state index is 10.8. The van der Waals surface area contributed by atoms with Crippen LogP contribution >= 0.6 is 11.8 Å². The number of thioether (sulfide) groups is 1. The summed E-state index contributed by atoms with van der Waals surface area (Å²) in [7, 11) is 1.67. The van der Waals surface area contributed by atoms with E-state index >= 15 is 0 Å². The lowest BCUT2D eigenvalue weighted by Gasteiger charge is -2.03. The lowest BCUT2D eigenvalue weighted by molar-refractivity contribution is -0.120. The molecule has 0 aliphatic carbocycles. The van der Waals surface area contributed by atoms with Crippen molar-refractivity contribution < 1.29 is 4.79 Å². The number of hydrogen-bond donors (Lipinski definition) is 2. The number of amides is 1. The Morgan fingerprint density at radius 3 is 2.64 bits per heavy atom. The molecule has 0 heterocycles. The molecule has 0 aliphatic rings. The minimum Gasteiger partial charge on any atom is -0.359 e. The molecule has 3 nitrogen and oxygen atoms in total. The maximum atomic E-state index is 10.8. The normalized spacial score (nSPS) is 10.1. The molecule has 0 bridgehead atoms. The van der Waals surface area contributed by atoms with Crippen molar-refractivity contribution in [2.24, 2.45) is 0 Å². The summed E-state index contributed by atoms with van der Waals surface area (Å²) in [6, 6.07) is 0. The molecule has 0 saturated carbocycles. The summed E-state index contributed by atoms with van der Waals surface area (Å²) >= 11 is 1.90. The number of hydrogen-bond acceptors (Lipinski definition) is 3. The van der Waals surface area contributed by atoms with Gasteiger partial charge in [0.2, 0.25) is 5.91 Å². The predicted molar refractivity (Wildman–Crippen MR) is 63.8 cm³/mol. The van der Waals surface area contributed by atoms with E-state index in [4.69, 9.17) is 0 Å². The van der Waals surface area contributed by atoms with Crippen LogP contribution in [-0.2, 0) is 4.79 Å². The highest BCUT2D eigenvalue weighted by molar-refractivity contribution is 7.98. The van der Waals surface area contributed by atoms with E-state index in [9.17, 15) is 4.79 Å². The zero-order chi connectivity index (χ0) is 10.6. The number of unbranched alkanes of at least 4 members (excludes halogenated alkanes) is 2. The van der Waals surface area contributed by atoms with Crippen molar-refractivity contribution in [1.29, 1.82) is 0 Å². The average Bonchev–Trinajstić information content (AvgIpc) is 2.21. The van der Waals surface area contributed by atoms with Crippen LogP contribution in [0.25, 0.3) is 0 Å². The van der Waals surface area contributed by atoms with Crippen molar-refractivity contribution in [3.8, 4) is 0 Å². The first-order chi connectivity index (χ1) is 6.81. The fourth-order valence-electron chi connectivity index (χ4n) is 1.13. The molecule has 0 saturated heterocycles. The van der Waals surface area contributed by atoms with Crippen molar-refractivity contribution in [3.63, 3.8) is 0 Å². The van der Waals surface area contributed by atoms with E-state index in [1.807, 2.05) is 11.8 Å². The Morgan fingerprint density at radius 2 is 2.00 bits per heavy atom. The van der Waals surface area contributed by atoms with Crippen LogP contribution in [0.3, 0.4) is 0 Å². The lowest BCUT2D eigenvalue weighted by Crippen LogP contribution is -2.25. The number of carbonyl (C=O) groups excluding carboxylic acids is 1. The summed E-state index contributed by atoms with van der Waals surface area (Å²) in [6.45, 7) is 1.83. The van der Waals surface area contributed by atoms with Gasteiger partial charge in [0.25, 0.3) is 0 Å². The van der Waals surface area contributed by atoms with Crippen LogP contribution in [0, 0.1) is 0 Å². The average molecular weight is 218 g/mol. The molecule has 4 heteroatoms. The molecule has 0 rings (SSSR count). The van der Waals surface area contributed by atoms with E-state index in [1.165, 1.54) is 25.0 Å². The molecule has 2 N–H and O–H groups in total. The number of carbonyl (C=O) groups is 1. The Kier molecular flexibility index (Phi) is 10.7. The summed E-state index contributed by atoms with van der Waals surface area (Å²) < 4.78 is 0. The molecular formula is C10H22N2OS. The quantitative estimate of drug-likeness (QED) is 0.572. The van der Waals surface area contributed by atoms with Gasteiger partial charge in [-0.15, -0.1) is 0 Å². The molecule has 0 aromatic rings. The first-order valence-electron chi connectivity index (χ1n) is 5.21. The van der Waals surface area contributed by atoms with E-state index < -0.39 is 0 Å². The van der Waals surface area contributed by atoms with Gasteiger partial charge in [-0.3, -0.25) is 4.79 Å². The topological polar surface area (TPSA) is 41.1 Å². The second kappa shape index (κ2) is 10.9. The molecule has 0 aromatic carbocycles. The number of rotatable bonds is 9. The predicted octanol–water partition coefficient (Wildman–Crippen LogP) is 1.25. The molecule has 1 amide bonds. The third kappa shape index (κ3) is 9.86. The van der Waals surface area contributed by atoms with Gasteiger partial charge in [0.1, 0.15) is 0 Å². The Morgan fingerprint density at radius 1 is 1.21 bits per heavy atom. The van der Waals surface area contributed by atoms with Crippen LogP contribution in [0.5, 0.6) is 0 Å². The maximum Gasteiger partial charge on any atom is 0.221 e. The van der Waals surface area contributed by atoms with Crippen molar-refractivity contribution in [1.82, 2.24) is 10.6 Å².